The van der Waals surface area contributed by atoms with Gasteiger partial charge in [-0.25, -0.2) is 0 Å². The van der Waals surface area contributed by atoms with Crippen LogP contribution in [0, 0.1) is 11.3 Å². The van der Waals surface area contributed by atoms with E-state index in [1.54, 1.807) is 0 Å². The second-order valence-corrected chi connectivity index (χ2v) is 5.68. The molecule has 1 N–H and O–H groups in total. The Morgan fingerprint density at radius 1 is 1.44 bits per heavy atom. The summed E-state index contributed by atoms with van der Waals surface area (Å²) < 4.78 is 5.59. The van der Waals surface area contributed by atoms with Gasteiger partial charge < -0.3 is 9.73 Å². The van der Waals surface area contributed by atoms with Crippen LogP contribution in [0.3, 0.4) is 0 Å². The smallest absolute Gasteiger partial charge is 0.109 e. The highest BCUT2D eigenvalue weighted by Crippen LogP contribution is 2.56. The summed E-state index contributed by atoms with van der Waals surface area (Å²) >= 11 is 0. The summed E-state index contributed by atoms with van der Waals surface area (Å²) in [5.41, 5.74) is 1.92. The van der Waals surface area contributed by atoms with Crippen LogP contribution in [0.1, 0.15) is 50.5 Å². The molecule has 0 aromatic carbocycles. The van der Waals surface area contributed by atoms with Gasteiger partial charge in [0.15, 0.2) is 0 Å². The molecule has 1 aliphatic carbocycles. The van der Waals surface area contributed by atoms with Crippen molar-refractivity contribution in [2.45, 2.75) is 45.6 Å². The lowest BCUT2D eigenvalue weighted by atomic mass is 9.56. The second-order valence-electron chi connectivity index (χ2n) is 5.68. The lowest BCUT2D eigenvalue weighted by Gasteiger charge is -2.52. The van der Waals surface area contributed by atoms with Gasteiger partial charge in [-0.3, -0.25) is 0 Å². The molecular weight excluding hydrogens is 198 g/mol. The lowest BCUT2D eigenvalue weighted by Crippen LogP contribution is -2.48. The SMILES string of the molecule is CC(C)C1(C2NCCc3occc32)CCC1. The van der Waals surface area contributed by atoms with Crippen molar-refractivity contribution in [3.05, 3.63) is 23.7 Å². The van der Waals surface area contributed by atoms with E-state index in [2.05, 4.69) is 25.2 Å². The van der Waals surface area contributed by atoms with E-state index in [0.717, 1.165) is 18.9 Å². The van der Waals surface area contributed by atoms with E-state index in [0.29, 0.717) is 11.5 Å². The minimum atomic E-state index is 0.485. The van der Waals surface area contributed by atoms with Crippen LogP contribution in [0.25, 0.3) is 0 Å². The largest absolute Gasteiger partial charge is 0.469 e. The van der Waals surface area contributed by atoms with Crippen molar-refractivity contribution in [2.75, 3.05) is 6.54 Å². The van der Waals surface area contributed by atoms with Crippen molar-refractivity contribution in [1.29, 1.82) is 0 Å². The van der Waals surface area contributed by atoms with Crippen molar-refractivity contribution < 1.29 is 4.42 Å². The Bertz CT molecular complexity index is 376. The average Bonchev–Trinajstić information content (AvgIpc) is 2.63. The topological polar surface area (TPSA) is 25.2 Å². The molecule has 0 spiro atoms. The van der Waals surface area contributed by atoms with E-state index in [1.807, 2.05) is 6.26 Å². The van der Waals surface area contributed by atoms with E-state index in [4.69, 9.17) is 4.42 Å². The van der Waals surface area contributed by atoms with E-state index >= 15 is 0 Å². The summed E-state index contributed by atoms with van der Waals surface area (Å²) in [6, 6.07) is 2.71. The minimum Gasteiger partial charge on any atom is -0.469 e. The number of hydrogen-bond acceptors (Lipinski definition) is 2. The van der Waals surface area contributed by atoms with Crippen molar-refractivity contribution >= 4 is 0 Å². The van der Waals surface area contributed by atoms with Crippen LogP contribution in [0.15, 0.2) is 16.7 Å². The highest BCUT2D eigenvalue weighted by molar-refractivity contribution is 5.28. The van der Waals surface area contributed by atoms with Crippen LogP contribution in [-0.4, -0.2) is 6.54 Å². The molecule has 0 bridgehead atoms. The molecular formula is C14H21NO. The van der Waals surface area contributed by atoms with E-state index in [1.165, 1.54) is 30.6 Å². The Morgan fingerprint density at radius 3 is 2.88 bits per heavy atom. The van der Waals surface area contributed by atoms with E-state index in [9.17, 15) is 0 Å². The zero-order chi connectivity index (χ0) is 11.2. The van der Waals surface area contributed by atoms with Gasteiger partial charge in [0.25, 0.3) is 0 Å². The predicted octanol–water partition coefficient (Wildman–Crippen LogP) is 3.29. The Morgan fingerprint density at radius 2 is 2.25 bits per heavy atom. The molecule has 2 aliphatic rings. The van der Waals surface area contributed by atoms with E-state index < -0.39 is 0 Å². The van der Waals surface area contributed by atoms with Crippen LogP contribution in [0.5, 0.6) is 0 Å². The highest BCUT2D eigenvalue weighted by Gasteiger charge is 2.48. The van der Waals surface area contributed by atoms with Gasteiger partial charge in [0.2, 0.25) is 0 Å². The van der Waals surface area contributed by atoms with Crippen molar-refractivity contribution in [1.82, 2.24) is 5.32 Å². The van der Waals surface area contributed by atoms with Gasteiger partial charge in [0.1, 0.15) is 5.76 Å². The highest BCUT2D eigenvalue weighted by atomic mass is 16.3. The van der Waals surface area contributed by atoms with Crippen LogP contribution in [0.4, 0.5) is 0 Å². The van der Waals surface area contributed by atoms with Gasteiger partial charge in [0, 0.05) is 24.6 Å². The summed E-state index contributed by atoms with van der Waals surface area (Å²) in [5.74, 6) is 1.97. The fourth-order valence-electron chi connectivity index (χ4n) is 3.55. The first kappa shape index (κ1) is 10.4. The standard InChI is InChI=1S/C14H21NO/c1-10(2)14(6-3-7-14)13-11-5-9-16-12(11)4-8-15-13/h5,9-10,13,15H,3-4,6-8H2,1-2H3. The molecule has 16 heavy (non-hydrogen) atoms. The zero-order valence-corrected chi connectivity index (χ0v) is 10.3. The van der Waals surface area contributed by atoms with Crippen LogP contribution in [-0.2, 0) is 6.42 Å². The van der Waals surface area contributed by atoms with Crippen LogP contribution in [0.2, 0.25) is 0 Å². The molecule has 1 aromatic heterocycles. The number of rotatable bonds is 2. The van der Waals surface area contributed by atoms with Gasteiger partial charge in [0.05, 0.1) is 6.26 Å². The third kappa shape index (κ3) is 1.29. The van der Waals surface area contributed by atoms with E-state index in [-0.39, 0.29) is 0 Å². The Balaban J connectivity index is 1.97. The van der Waals surface area contributed by atoms with Crippen LogP contribution >= 0.6 is 0 Å². The predicted molar refractivity (Wildman–Crippen MR) is 64.3 cm³/mol. The van der Waals surface area contributed by atoms with Crippen molar-refractivity contribution in [3.63, 3.8) is 0 Å². The molecule has 2 heteroatoms. The fourth-order valence-corrected chi connectivity index (χ4v) is 3.55. The van der Waals surface area contributed by atoms with Gasteiger partial charge >= 0.3 is 0 Å². The number of fused-ring (bicyclic) bond motifs is 1. The first-order valence-electron chi connectivity index (χ1n) is 6.54. The summed E-state index contributed by atoms with van der Waals surface area (Å²) in [6.07, 6.45) is 7.04. The zero-order valence-electron chi connectivity index (χ0n) is 10.3. The van der Waals surface area contributed by atoms with Crippen molar-refractivity contribution in [2.24, 2.45) is 11.3 Å². The van der Waals surface area contributed by atoms with Gasteiger partial charge in [-0.15, -0.1) is 0 Å². The normalized spacial score (nSPS) is 27.6. The number of nitrogens with one attached hydrogen (secondary N) is 1. The molecule has 0 amide bonds. The Kier molecular flexibility index (Phi) is 2.36. The third-order valence-electron chi connectivity index (χ3n) is 4.80. The number of furan rings is 1. The molecule has 1 fully saturated rings. The Hall–Kier alpha value is -0.760. The Labute approximate surface area is 97.4 Å². The molecule has 1 atom stereocenters. The summed E-state index contributed by atoms with van der Waals surface area (Å²) in [7, 11) is 0. The quantitative estimate of drug-likeness (QED) is 0.825. The van der Waals surface area contributed by atoms with Gasteiger partial charge in [-0.05, 0) is 30.2 Å². The molecule has 1 saturated carbocycles. The summed E-state index contributed by atoms with van der Waals surface area (Å²) in [6.45, 7) is 5.81. The third-order valence-corrected chi connectivity index (χ3v) is 4.80. The number of hydrogen-bond donors (Lipinski definition) is 1. The molecule has 2 heterocycles. The maximum atomic E-state index is 5.59. The average molecular weight is 219 g/mol. The summed E-state index contributed by atoms with van der Waals surface area (Å²) in [4.78, 5) is 0. The molecule has 88 valence electrons. The fraction of sp³-hybridized carbons (Fsp3) is 0.714. The summed E-state index contributed by atoms with van der Waals surface area (Å²) in [5, 5.41) is 3.73. The lowest BCUT2D eigenvalue weighted by molar-refractivity contribution is 0.0155. The first-order chi connectivity index (χ1) is 7.74. The molecule has 3 rings (SSSR count). The monoisotopic (exact) mass is 219 g/mol. The first-order valence-corrected chi connectivity index (χ1v) is 6.54. The molecule has 0 radical (unpaired) electrons. The van der Waals surface area contributed by atoms with Gasteiger partial charge in [-0.2, -0.15) is 0 Å². The maximum absolute atomic E-state index is 5.59. The molecule has 1 unspecified atom stereocenters. The molecule has 0 saturated heterocycles. The molecule has 1 aromatic rings. The van der Waals surface area contributed by atoms with Crippen LogP contribution < -0.4 is 5.32 Å². The second kappa shape index (κ2) is 3.63. The molecule has 2 nitrogen and oxygen atoms in total. The maximum Gasteiger partial charge on any atom is 0.109 e. The van der Waals surface area contributed by atoms with Gasteiger partial charge in [-0.1, -0.05) is 20.3 Å². The minimum absolute atomic E-state index is 0.485. The van der Waals surface area contributed by atoms with Crippen molar-refractivity contribution in [3.8, 4) is 0 Å². The molecule has 1 aliphatic heterocycles.